The highest BCUT2D eigenvalue weighted by atomic mass is 35.7. The first-order valence-electron chi connectivity index (χ1n) is 3.95. The van der Waals surface area contributed by atoms with Gasteiger partial charge in [0, 0.05) is 17.7 Å². The molecule has 0 fully saturated rings. The number of benzene rings is 1. The highest BCUT2D eigenvalue weighted by Crippen LogP contribution is 2.23. The maximum Gasteiger partial charge on any atom is 0.365 e. The van der Waals surface area contributed by atoms with Gasteiger partial charge in [0.15, 0.2) is 0 Å². The molecule has 7 heteroatoms. The maximum atomic E-state index is 11.3. The van der Waals surface area contributed by atoms with Gasteiger partial charge in [0.2, 0.25) is 0 Å². The van der Waals surface area contributed by atoms with E-state index in [1.54, 1.807) is 0 Å². The number of para-hydroxylation sites is 1. The van der Waals surface area contributed by atoms with Crippen LogP contribution in [0.5, 0.6) is 0 Å². The number of nitrogens with zero attached hydrogens (tertiary/aromatic N) is 1. The highest BCUT2D eigenvalue weighted by Gasteiger charge is 2.19. The van der Waals surface area contributed by atoms with E-state index in [4.69, 9.17) is 15.2 Å². The van der Waals surface area contributed by atoms with Crippen molar-refractivity contribution >= 4 is 30.6 Å². The Kier molecular flexibility index (Phi) is 2.13. The van der Waals surface area contributed by atoms with Gasteiger partial charge >= 0.3 is 5.63 Å². The van der Waals surface area contributed by atoms with E-state index in [1.165, 1.54) is 25.2 Å². The third-order valence-corrected chi connectivity index (χ3v) is 3.37. The molecular formula is C8H6ClNO4S. The normalized spacial score (nSPS) is 12.1. The molecule has 80 valence electrons. The topological polar surface area (TPSA) is 69.3 Å². The Morgan fingerprint density at radius 3 is 2.67 bits per heavy atom. The largest absolute Gasteiger partial charge is 0.365 e. The van der Waals surface area contributed by atoms with Crippen molar-refractivity contribution in [2.75, 3.05) is 0 Å². The smallest absolute Gasteiger partial charge is 0.335 e. The molecule has 0 saturated heterocycles. The second-order valence-corrected chi connectivity index (χ2v) is 5.50. The van der Waals surface area contributed by atoms with E-state index < -0.39 is 14.7 Å². The van der Waals surface area contributed by atoms with Crippen LogP contribution in [0, 0.1) is 0 Å². The van der Waals surface area contributed by atoms with Crippen LogP contribution < -0.4 is 5.63 Å². The summed E-state index contributed by atoms with van der Waals surface area (Å²) >= 11 is 0. The van der Waals surface area contributed by atoms with Gasteiger partial charge in [0.05, 0.1) is 5.39 Å². The van der Waals surface area contributed by atoms with Crippen molar-refractivity contribution < 1.29 is 12.9 Å². The van der Waals surface area contributed by atoms with Crippen molar-refractivity contribution in [3.63, 3.8) is 0 Å². The SMILES string of the molecule is Cn1oc(=O)c2cccc(S(=O)(=O)Cl)c21. The van der Waals surface area contributed by atoms with Crippen molar-refractivity contribution in [3.8, 4) is 0 Å². The van der Waals surface area contributed by atoms with Crippen LogP contribution in [-0.2, 0) is 16.1 Å². The van der Waals surface area contributed by atoms with Gasteiger partial charge in [-0.25, -0.2) is 18.0 Å². The van der Waals surface area contributed by atoms with E-state index in [0.717, 1.165) is 4.74 Å². The molecule has 0 spiro atoms. The van der Waals surface area contributed by atoms with Crippen LogP contribution in [0.4, 0.5) is 0 Å². The molecule has 0 aliphatic rings. The number of rotatable bonds is 1. The lowest BCUT2D eigenvalue weighted by Crippen LogP contribution is -1.96. The molecule has 0 unspecified atom stereocenters. The molecule has 1 heterocycles. The summed E-state index contributed by atoms with van der Waals surface area (Å²) in [6, 6.07) is 4.24. The quantitative estimate of drug-likeness (QED) is 0.707. The number of hydrogen-bond acceptors (Lipinski definition) is 4. The summed E-state index contributed by atoms with van der Waals surface area (Å²) in [5.41, 5.74) is -0.410. The number of halogens is 1. The lowest BCUT2D eigenvalue weighted by atomic mass is 10.2. The van der Waals surface area contributed by atoms with Crippen LogP contribution in [0.2, 0.25) is 0 Å². The van der Waals surface area contributed by atoms with Crippen molar-refractivity contribution in [1.29, 1.82) is 0 Å². The van der Waals surface area contributed by atoms with Gasteiger partial charge in [0.25, 0.3) is 9.05 Å². The van der Waals surface area contributed by atoms with Crippen LogP contribution in [0.1, 0.15) is 0 Å². The summed E-state index contributed by atoms with van der Waals surface area (Å²) < 4.78 is 28.3. The Morgan fingerprint density at radius 2 is 2.07 bits per heavy atom. The van der Waals surface area contributed by atoms with Crippen LogP contribution in [0.3, 0.4) is 0 Å². The highest BCUT2D eigenvalue weighted by molar-refractivity contribution is 8.14. The zero-order valence-corrected chi connectivity index (χ0v) is 9.17. The van der Waals surface area contributed by atoms with Gasteiger partial charge in [-0.2, -0.15) is 0 Å². The Hall–Kier alpha value is -1.27. The number of aromatic nitrogens is 1. The first-order chi connectivity index (χ1) is 6.91. The fourth-order valence-corrected chi connectivity index (χ4v) is 2.51. The first kappa shape index (κ1) is 10.3. The van der Waals surface area contributed by atoms with Crippen molar-refractivity contribution in [2.45, 2.75) is 4.90 Å². The Balaban J connectivity index is 3.07. The molecule has 15 heavy (non-hydrogen) atoms. The first-order valence-corrected chi connectivity index (χ1v) is 6.26. The van der Waals surface area contributed by atoms with E-state index in [1.807, 2.05) is 0 Å². The Bertz CT molecular complexity index is 682. The van der Waals surface area contributed by atoms with Gasteiger partial charge in [-0.15, -0.1) is 0 Å². The van der Waals surface area contributed by atoms with E-state index in [0.29, 0.717) is 0 Å². The zero-order valence-electron chi connectivity index (χ0n) is 7.60. The van der Waals surface area contributed by atoms with E-state index >= 15 is 0 Å². The minimum absolute atomic E-state index is 0.130. The predicted octanol–water partition coefficient (Wildman–Crippen LogP) is 1.06. The van der Waals surface area contributed by atoms with Crippen LogP contribution in [-0.4, -0.2) is 13.2 Å². The number of aryl methyl sites for hydroxylation is 1. The average Bonchev–Trinajstić information content (AvgIpc) is 2.41. The fraction of sp³-hybridized carbons (Fsp3) is 0.125. The molecule has 0 bridgehead atoms. The molecular weight excluding hydrogens is 242 g/mol. The molecule has 5 nitrogen and oxygen atoms in total. The molecule has 0 aliphatic heterocycles. The van der Waals surface area contributed by atoms with E-state index in [-0.39, 0.29) is 15.8 Å². The maximum absolute atomic E-state index is 11.3. The predicted molar refractivity (Wildman–Crippen MR) is 54.5 cm³/mol. The van der Waals surface area contributed by atoms with Crippen LogP contribution in [0.25, 0.3) is 10.9 Å². The standard InChI is InChI=1S/C8H6ClNO4S/c1-10-7-5(8(11)14-10)3-2-4-6(7)15(9,12)13/h2-4H,1H3. The Morgan fingerprint density at radius 1 is 1.40 bits per heavy atom. The summed E-state index contributed by atoms with van der Waals surface area (Å²) in [5, 5.41) is 0.194. The molecule has 2 aromatic rings. The van der Waals surface area contributed by atoms with Crippen LogP contribution in [0.15, 0.2) is 32.4 Å². The summed E-state index contributed by atoms with van der Waals surface area (Å²) in [5.74, 6) is 0. The molecule has 0 N–H and O–H groups in total. The van der Waals surface area contributed by atoms with Gasteiger partial charge < -0.3 is 4.52 Å². The fourth-order valence-electron chi connectivity index (χ4n) is 1.43. The van der Waals surface area contributed by atoms with Gasteiger partial charge in [0.1, 0.15) is 10.4 Å². The van der Waals surface area contributed by atoms with E-state index in [2.05, 4.69) is 0 Å². The van der Waals surface area contributed by atoms with Crippen LogP contribution >= 0.6 is 10.7 Å². The molecule has 0 saturated carbocycles. The molecule has 0 radical (unpaired) electrons. The minimum Gasteiger partial charge on any atom is -0.335 e. The average molecular weight is 248 g/mol. The third-order valence-electron chi connectivity index (χ3n) is 2.02. The number of hydrogen-bond donors (Lipinski definition) is 0. The Labute approximate surface area is 89.2 Å². The second kappa shape index (κ2) is 3.11. The minimum atomic E-state index is -3.89. The molecule has 1 aromatic carbocycles. The van der Waals surface area contributed by atoms with Gasteiger partial charge in [-0.1, -0.05) is 6.07 Å². The summed E-state index contributed by atoms with van der Waals surface area (Å²) in [6.45, 7) is 0. The van der Waals surface area contributed by atoms with Gasteiger partial charge in [-0.3, -0.25) is 0 Å². The monoisotopic (exact) mass is 247 g/mol. The molecule has 2 rings (SSSR count). The van der Waals surface area contributed by atoms with Crippen molar-refractivity contribution in [1.82, 2.24) is 4.74 Å². The summed E-state index contributed by atoms with van der Waals surface area (Å²) in [4.78, 5) is 11.1. The third kappa shape index (κ3) is 1.55. The lowest BCUT2D eigenvalue weighted by molar-refractivity contribution is 0.295. The molecule has 0 amide bonds. The van der Waals surface area contributed by atoms with Gasteiger partial charge in [-0.05, 0) is 12.1 Å². The van der Waals surface area contributed by atoms with E-state index in [9.17, 15) is 13.2 Å². The molecule has 0 aliphatic carbocycles. The zero-order chi connectivity index (χ0) is 11.2. The van der Waals surface area contributed by atoms with Crippen molar-refractivity contribution in [2.24, 2.45) is 7.05 Å². The summed E-state index contributed by atoms with van der Waals surface area (Å²) in [6.07, 6.45) is 0. The summed E-state index contributed by atoms with van der Waals surface area (Å²) in [7, 11) is 2.79. The molecule has 0 atom stereocenters. The second-order valence-electron chi connectivity index (χ2n) is 2.97. The molecule has 1 aromatic heterocycles. The lowest BCUT2D eigenvalue weighted by Gasteiger charge is -1.98. The number of fused-ring (bicyclic) bond motifs is 1. The van der Waals surface area contributed by atoms with Crippen molar-refractivity contribution in [3.05, 3.63) is 28.6 Å².